The van der Waals surface area contributed by atoms with Gasteiger partial charge in [0.25, 0.3) is 0 Å². The van der Waals surface area contributed by atoms with E-state index in [1.54, 1.807) is 0 Å². The highest BCUT2D eigenvalue weighted by Crippen LogP contribution is 2.54. The van der Waals surface area contributed by atoms with E-state index in [0.29, 0.717) is 5.82 Å². The van der Waals surface area contributed by atoms with Crippen LogP contribution >= 0.6 is 0 Å². The van der Waals surface area contributed by atoms with Crippen LogP contribution in [0.5, 0.6) is 0 Å². The Hall–Kier alpha value is -6.90. The molecule has 0 spiro atoms. The zero-order chi connectivity index (χ0) is 39.2. The van der Waals surface area contributed by atoms with Gasteiger partial charge in [0.2, 0.25) is 0 Å². The van der Waals surface area contributed by atoms with E-state index in [4.69, 9.17) is 9.97 Å². The van der Waals surface area contributed by atoms with Crippen LogP contribution in [0.4, 0.5) is 0 Å². The lowest BCUT2D eigenvalue weighted by molar-refractivity contribution is 0.660. The highest BCUT2D eigenvalue weighted by atomic mass is 14.9. The molecular formula is C56H42N2. The zero-order valence-electron chi connectivity index (χ0n) is 33.2. The average Bonchev–Trinajstić information content (AvgIpc) is 3.64. The van der Waals surface area contributed by atoms with Gasteiger partial charge in [0.05, 0.1) is 11.4 Å². The van der Waals surface area contributed by atoms with Crippen LogP contribution in [0.3, 0.4) is 0 Å². The number of rotatable bonds is 5. The van der Waals surface area contributed by atoms with Crippen LogP contribution in [0, 0.1) is 0 Å². The summed E-state index contributed by atoms with van der Waals surface area (Å²) in [4.78, 5) is 10.6. The van der Waals surface area contributed by atoms with Crippen LogP contribution in [0.25, 0.3) is 89.2 Å². The predicted octanol–water partition coefficient (Wildman–Crippen LogP) is 14.6. The Kier molecular flexibility index (Phi) is 7.59. The molecule has 11 rings (SSSR count). The molecule has 1 aromatic heterocycles. The van der Waals surface area contributed by atoms with Crippen LogP contribution < -0.4 is 0 Å². The van der Waals surface area contributed by atoms with E-state index in [2.05, 4.69) is 204 Å². The summed E-state index contributed by atoms with van der Waals surface area (Å²) in [7, 11) is 0. The second-order valence-corrected chi connectivity index (χ2v) is 17.0. The first-order chi connectivity index (χ1) is 28.3. The Morgan fingerprint density at radius 2 is 0.862 bits per heavy atom. The maximum atomic E-state index is 5.34. The van der Waals surface area contributed by atoms with Crippen LogP contribution in [0.15, 0.2) is 182 Å². The summed E-state index contributed by atoms with van der Waals surface area (Å²) in [5.41, 5.74) is 20.3. The molecule has 2 aliphatic carbocycles. The zero-order valence-corrected chi connectivity index (χ0v) is 33.2. The van der Waals surface area contributed by atoms with Crippen molar-refractivity contribution in [2.24, 2.45) is 0 Å². The summed E-state index contributed by atoms with van der Waals surface area (Å²) in [6.07, 6.45) is 0. The Labute approximate surface area is 340 Å². The molecule has 0 atom stereocenters. The van der Waals surface area contributed by atoms with E-state index in [1.165, 1.54) is 72.0 Å². The number of hydrogen-bond acceptors (Lipinski definition) is 2. The topological polar surface area (TPSA) is 25.8 Å². The van der Waals surface area contributed by atoms with Gasteiger partial charge < -0.3 is 0 Å². The number of aromatic nitrogens is 2. The van der Waals surface area contributed by atoms with E-state index >= 15 is 0 Å². The standard InChI is InChI=1S/C56H42N2/c1-55(2)47-26-13-12-23-42(47)43-29-28-39(33-49(43)55)36-20-14-21-40(30-36)51-34-52(58-54(57-51)35-16-6-5-7-17-35)44-24-11-10-22-41(44)45-25-15-27-48-53(45)46-31-37-18-8-9-19-38(37)32-50(46)56(48,3)4/h5-34H,1-4H3. The van der Waals surface area contributed by atoms with Gasteiger partial charge >= 0.3 is 0 Å². The predicted molar refractivity (Wildman–Crippen MR) is 242 cm³/mol. The quantitative estimate of drug-likeness (QED) is 0.175. The van der Waals surface area contributed by atoms with Gasteiger partial charge in [-0.1, -0.05) is 179 Å². The van der Waals surface area contributed by atoms with Crippen molar-refractivity contribution in [2.75, 3.05) is 0 Å². The lowest BCUT2D eigenvalue weighted by Crippen LogP contribution is -2.14. The summed E-state index contributed by atoms with van der Waals surface area (Å²) >= 11 is 0. The van der Waals surface area contributed by atoms with E-state index in [-0.39, 0.29) is 10.8 Å². The molecule has 0 saturated carbocycles. The van der Waals surface area contributed by atoms with Gasteiger partial charge in [-0.2, -0.15) is 0 Å². The highest BCUT2D eigenvalue weighted by molar-refractivity contribution is 6.01. The van der Waals surface area contributed by atoms with Crippen molar-refractivity contribution in [1.82, 2.24) is 9.97 Å². The number of hydrogen-bond donors (Lipinski definition) is 0. The molecule has 0 N–H and O–H groups in total. The first-order valence-electron chi connectivity index (χ1n) is 20.3. The third kappa shape index (κ3) is 5.25. The van der Waals surface area contributed by atoms with Gasteiger partial charge in [-0.25, -0.2) is 9.97 Å². The number of fused-ring (bicyclic) bond motifs is 7. The van der Waals surface area contributed by atoms with E-state index in [9.17, 15) is 0 Å². The summed E-state index contributed by atoms with van der Waals surface area (Å²) in [6.45, 7) is 9.41. The third-order valence-corrected chi connectivity index (χ3v) is 12.9. The average molecular weight is 743 g/mol. The maximum Gasteiger partial charge on any atom is 0.160 e. The molecule has 0 unspecified atom stereocenters. The second-order valence-electron chi connectivity index (χ2n) is 17.0. The minimum atomic E-state index is -0.133. The van der Waals surface area contributed by atoms with Gasteiger partial charge in [-0.05, 0) is 108 Å². The number of benzene rings is 8. The fourth-order valence-electron chi connectivity index (χ4n) is 9.83. The van der Waals surface area contributed by atoms with E-state index in [1.807, 2.05) is 6.07 Å². The van der Waals surface area contributed by atoms with Crippen molar-refractivity contribution >= 4 is 10.8 Å². The van der Waals surface area contributed by atoms with Gasteiger partial charge in [0.15, 0.2) is 5.82 Å². The van der Waals surface area contributed by atoms with Gasteiger partial charge in [0.1, 0.15) is 0 Å². The highest BCUT2D eigenvalue weighted by Gasteiger charge is 2.38. The fraction of sp³-hybridized carbons (Fsp3) is 0.107. The summed E-state index contributed by atoms with van der Waals surface area (Å²) < 4.78 is 0. The summed E-state index contributed by atoms with van der Waals surface area (Å²) in [6, 6.07) is 66.3. The minimum Gasteiger partial charge on any atom is -0.228 e. The molecule has 2 aliphatic rings. The molecular weight excluding hydrogens is 701 g/mol. The molecule has 2 nitrogen and oxygen atoms in total. The third-order valence-electron chi connectivity index (χ3n) is 12.9. The van der Waals surface area contributed by atoms with Crippen LogP contribution in [-0.4, -0.2) is 9.97 Å². The Balaban J connectivity index is 1.06. The molecule has 276 valence electrons. The summed E-state index contributed by atoms with van der Waals surface area (Å²) in [5, 5.41) is 2.54. The monoisotopic (exact) mass is 742 g/mol. The van der Waals surface area contributed by atoms with Crippen LogP contribution in [0.1, 0.15) is 49.9 Å². The maximum absolute atomic E-state index is 5.34. The molecule has 0 amide bonds. The first kappa shape index (κ1) is 34.4. The van der Waals surface area contributed by atoms with Gasteiger partial charge in [0, 0.05) is 27.5 Å². The SMILES string of the molecule is CC1(C)c2ccccc2-c2ccc(-c3cccc(-c4cc(-c5ccccc5-c5cccc6c5-c5cc7ccccc7cc5C6(C)C)nc(-c5ccccc5)n4)c3)cc21. The molecule has 0 aliphatic heterocycles. The lowest BCUT2D eigenvalue weighted by Gasteiger charge is -2.22. The van der Waals surface area contributed by atoms with Crippen molar-refractivity contribution in [3.05, 3.63) is 204 Å². The molecule has 9 aromatic rings. The van der Waals surface area contributed by atoms with E-state index < -0.39 is 0 Å². The normalized spacial score (nSPS) is 14.1. The lowest BCUT2D eigenvalue weighted by atomic mass is 9.81. The molecule has 0 saturated heterocycles. The Morgan fingerprint density at radius 3 is 1.69 bits per heavy atom. The smallest absolute Gasteiger partial charge is 0.160 e. The van der Waals surface area contributed by atoms with Gasteiger partial charge in [-0.15, -0.1) is 0 Å². The molecule has 1 heterocycles. The second kappa shape index (κ2) is 12.8. The van der Waals surface area contributed by atoms with Crippen molar-refractivity contribution < 1.29 is 0 Å². The Morgan fingerprint density at radius 1 is 0.310 bits per heavy atom. The molecule has 58 heavy (non-hydrogen) atoms. The largest absolute Gasteiger partial charge is 0.228 e. The van der Waals surface area contributed by atoms with Crippen LogP contribution in [0.2, 0.25) is 0 Å². The van der Waals surface area contributed by atoms with Gasteiger partial charge in [-0.3, -0.25) is 0 Å². The van der Waals surface area contributed by atoms with Crippen molar-refractivity contribution in [3.8, 4) is 78.4 Å². The molecule has 0 radical (unpaired) electrons. The minimum absolute atomic E-state index is 0.0659. The number of nitrogens with zero attached hydrogens (tertiary/aromatic N) is 2. The summed E-state index contributed by atoms with van der Waals surface area (Å²) in [5.74, 6) is 0.710. The first-order valence-corrected chi connectivity index (χ1v) is 20.3. The van der Waals surface area contributed by atoms with Crippen molar-refractivity contribution in [1.29, 1.82) is 0 Å². The molecule has 2 heteroatoms. The van der Waals surface area contributed by atoms with Crippen molar-refractivity contribution in [2.45, 2.75) is 38.5 Å². The molecule has 8 aromatic carbocycles. The van der Waals surface area contributed by atoms with Crippen LogP contribution in [-0.2, 0) is 10.8 Å². The molecule has 0 fully saturated rings. The van der Waals surface area contributed by atoms with Crippen molar-refractivity contribution in [3.63, 3.8) is 0 Å². The fourth-order valence-corrected chi connectivity index (χ4v) is 9.83. The Bertz CT molecular complexity index is 3110. The van der Waals surface area contributed by atoms with E-state index in [0.717, 1.165) is 33.6 Å². The molecule has 0 bridgehead atoms.